The molecule has 2 aromatic carbocycles. The number of hydrogen-bond donors (Lipinski definition) is 3. The lowest BCUT2D eigenvalue weighted by atomic mass is 9.73. The van der Waals surface area contributed by atoms with Crippen LogP contribution in [0.25, 0.3) is 0 Å². The fraction of sp³-hybridized carbons (Fsp3) is 0.316. The van der Waals surface area contributed by atoms with Gasteiger partial charge in [0.25, 0.3) is 0 Å². The van der Waals surface area contributed by atoms with E-state index in [0.717, 1.165) is 23.8 Å². The third kappa shape index (κ3) is 3.92. The number of carboxylic acids is 1. The van der Waals surface area contributed by atoms with Crippen molar-refractivity contribution in [3.63, 3.8) is 0 Å². The molecule has 2 rings (SSSR count). The summed E-state index contributed by atoms with van der Waals surface area (Å²) in [7, 11) is 0. The minimum atomic E-state index is -2.13. The van der Waals surface area contributed by atoms with Crippen molar-refractivity contribution in [2.75, 3.05) is 0 Å². The fourth-order valence-corrected chi connectivity index (χ4v) is 2.95. The van der Waals surface area contributed by atoms with Gasteiger partial charge in [-0.15, -0.1) is 0 Å². The maximum atomic E-state index is 13.4. The Balaban J connectivity index is 2.34. The molecule has 1 atom stereocenters. The molecule has 5 heteroatoms. The number of carboxylic acid groups (broad SMARTS) is 1. The number of halogens is 1. The standard InChI is InChI=1S/C19H21FO4/c1-18(2,14-6-4-3-5-7-14)12-19(24,17(22)23)11-13-10-15(20)8-9-16(13)21/h3-10,21,24H,11-12H2,1-2H3,(H,22,23). The van der Waals surface area contributed by atoms with Crippen LogP contribution >= 0.6 is 0 Å². The highest BCUT2D eigenvalue weighted by molar-refractivity contribution is 5.78. The Morgan fingerprint density at radius 3 is 2.33 bits per heavy atom. The van der Waals surface area contributed by atoms with Crippen LogP contribution in [0.15, 0.2) is 48.5 Å². The van der Waals surface area contributed by atoms with Crippen molar-refractivity contribution in [2.45, 2.75) is 37.7 Å². The number of carbonyl (C=O) groups is 1. The zero-order valence-electron chi connectivity index (χ0n) is 13.7. The molecule has 24 heavy (non-hydrogen) atoms. The molecule has 0 saturated carbocycles. The van der Waals surface area contributed by atoms with Crippen molar-refractivity contribution in [1.82, 2.24) is 0 Å². The quantitative estimate of drug-likeness (QED) is 0.759. The third-order valence-electron chi connectivity index (χ3n) is 4.21. The molecular weight excluding hydrogens is 311 g/mol. The Bertz CT molecular complexity index is 727. The number of aliphatic hydroxyl groups is 1. The van der Waals surface area contributed by atoms with E-state index < -0.39 is 22.8 Å². The van der Waals surface area contributed by atoms with Crippen LogP contribution in [0.4, 0.5) is 4.39 Å². The third-order valence-corrected chi connectivity index (χ3v) is 4.21. The van der Waals surface area contributed by atoms with Crippen molar-refractivity contribution < 1.29 is 24.5 Å². The van der Waals surface area contributed by atoms with Gasteiger partial charge in [-0.3, -0.25) is 0 Å². The van der Waals surface area contributed by atoms with Crippen molar-refractivity contribution in [1.29, 1.82) is 0 Å². The lowest BCUT2D eigenvalue weighted by Gasteiger charge is -2.34. The van der Waals surface area contributed by atoms with E-state index in [1.807, 2.05) is 44.2 Å². The normalized spacial score (nSPS) is 14.2. The number of benzene rings is 2. The average molecular weight is 332 g/mol. The van der Waals surface area contributed by atoms with Crippen LogP contribution in [0.3, 0.4) is 0 Å². The first kappa shape index (κ1) is 17.9. The van der Waals surface area contributed by atoms with Crippen LogP contribution in [-0.4, -0.2) is 26.9 Å². The summed E-state index contributed by atoms with van der Waals surface area (Å²) >= 11 is 0. The second kappa shape index (κ2) is 6.61. The summed E-state index contributed by atoms with van der Waals surface area (Å²) in [6.07, 6.45) is -0.475. The van der Waals surface area contributed by atoms with Crippen LogP contribution in [0.2, 0.25) is 0 Å². The maximum Gasteiger partial charge on any atom is 0.336 e. The number of hydrogen-bond acceptors (Lipinski definition) is 3. The Kier molecular flexibility index (Phi) is 4.94. The molecule has 0 saturated heterocycles. The van der Waals surface area contributed by atoms with E-state index in [1.54, 1.807) is 0 Å². The monoisotopic (exact) mass is 332 g/mol. The highest BCUT2D eigenvalue weighted by atomic mass is 19.1. The topological polar surface area (TPSA) is 77.8 Å². The maximum absolute atomic E-state index is 13.4. The predicted molar refractivity (Wildman–Crippen MR) is 88.4 cm³/mol. The fourth-order valence-electron chi connectivity index (χ4n) is 2.95. The van der Waals surface area contributed by atoms with Gasteiger partial charge in [-0.05, 0) is 35.6 Å². The molecule has 0 aliphatic rings. The summed E-state index contributed by atoms with van der Waals surface area (Å²) in [5.74, 6) is -2.25. The van der Waals surface area contributed by atoms with Crippen molar-refractivity contribution in [2.24, 2.45) is 0 Å². The number of phenols is 1. The van der Waals surface area contributed by atoms with Gasteiger partial charge in [0.2, 0.25) is 0 Å². The van der Waals surface area contributed by atoms with Crippen molar-refractivity contribution >= 4 is 5.97 Å². The van der Waals surface area contributed by atoms with E-state index >= 15 is 0 Å². The Hall–Kier alpha value is -2.40. The number of phenolic OH excluding ortho intramolecular Hbond substituents is 1. The summed E-state index contributed by atoms with van der Waals surface area (Å²) in [6, 6.07) is 12.5. The molecule has 0 amide bonds. The van der Waals surface area contributed by atoms with Gasteiger partial charge in [-0.25, -0.2) is 9.18 Å². The molecule has 0 spiro atoms. The van der Waals surface area contributed by atoms with Gasteiger partial charge in [-0.2, -0.15) is 0 Å². The molecule has 0 fully saturated rings. The van der Waals surface area contributed by atoms with Crippen LogP contribution in [0.5, 0.6) is 5.75 Å². The first-order valence-electron chi connectivity index (χ1n) is 7.63. The van der Waals surface area contributed by atoms with Gasteiger partial charge in [0.05, 0.1) is 0 Å². The molecular formula is C19H21FO4. The molecule has 128 valence electrons. The van der Waals surface area contributed by atoms with Crippen LogP contribution in [0, 0.1) is 5.82 Å². The highest BCUT2D eigenvalue weighted by Gasteiger charge is 2.42. The molecule has 2 aromatic rings. The summed E-state index contributed by atoms with van der Waals surface area (Å²) < 4.78 is 13.4. The van der Waals surface area contributed by atoms with E-state index in [9.17, 15) is 24.5 Å². The van der Waals surface area contributed by atoms with E-state index in [4.69, 9.17) is 0 Å². The van der Waals surface area contributed by atoms with Crippen molar-refractivity contribution in [3.8, 4) is 5.75 Å². The average Bonchev–Trinajstić information content (AvgIpc) is 2.51. The van der Waals surface area contributed by atoms with Crippen LogP contribution in [-0.2, 0) is 16.6 Å². The molecule has 0 aromatic heterocycles. The Labute approximate surface area is 140 Å². The smallest absolute Gasteiger partial charge is 0.336 e. The number of aliphatic carboxylic acids is 1. The summed E-state index contributed by atoms with van der Waals surface area (Å²) in [5.41, 5.74) is -1.82. The van der Waals surface area contributed by atoms with Crippen molar-refractivity contribution in [3.05, 3.63) is 65.5 Å². The van der Waals surface area contributed by atoms with Gasteiger partial charge in [-0.1, -0.05) is 44.2 Å². The molecule has 0 aliphatic carbocycles. The SMILES string of the molecule is CC(C)(CC(O)(Cc1cc(F)ccc1O)C(=O)O)c1ccccc1. The number of rotatable bonds is 6. The van der Waals surface area contributed by atoms with Gasteiger partial charge < -0.3 is 15.3 Å². The van der Waals surface area contributed by atoms with E-state index in [1.165, 1.54) is 0 Å². The summed E-state index contributed by atoms with van der Waals surface area (Å²) in [6.45, 7) is 3.67. The van der Waals surface area contributed by atoms with Gasteiger partial charge in [0.15, 0.2) is 5.60 Å². The largest absolute Gasteiger partial charge is 0.508 e. The second-order valence-corrected chi connectivity index (χ2v) is 6.71. The van der Waals surface area contributed by atoms with Gasteiger partial charge >= 0.3 is 5.97 Å². The molecule has 0 heterocycles. The van der Waals surface area contributed by atoms with Gasteiger partial charge in [0.1, 0.15) is 11.6 Å². The zero-order chi connectivity index (χ0) is 18.0. The number of aromatic hydroxyl groups is 1. The lowest BCUT2D eigenvalue weighted by Crippen LogP contribution is -2.45. The molecule has 4 nitrogen and oxygen atoms in total. The minimum absolute atomic E-state index is 0.0590. The van der Waals surface area contributed by atoms with Gasteiger partial charge in [0, 0.05) is 12.0 Å². The molecule has 0 radical (unpaired) electrons. The summed E-state index contributed by atoms with van der Waals surface area (Å²) in [4.78, 5) is 11.7. The first-order chi connectivity index (χ1) is 11.1. The van der Waals surface area contributed by atoms with E-state index in [0.29, 0.717) is 0 Å². The summed E-state index contributed by atoms with van der Waals surface area (Å²) in [5, 5.41) is 30.1. The van der Waals surface area contributed by atoms with Crippen LogP contribution < -0.4 is 0 Å². The second-order valence-electron chi connectivity index (χ2n) is 6.71. The Morgan fingerprint density at radius 2 is 1.75 bits per heavy atom. The molecule has 0 bridgehead atoms. The predicted octanol–water partition coefficient (Wildman–Crippen LogP) is 3.26. The molecule has 3 N–H and O–H groups in total. The zero-order valence-corrected chi connectivity index (χ0v) is 13.7. The lowest BCUT2D eigenvalue weighted by molar-refractivity contribution is -0.160. The van der Waals surface area contributed by atoms with Crippen LogP contribution in [0.1, 0.15) is 31.4 Å². The van der Waals surface area contributed by atoms with E-state index in [2.05, 4.69) is 0 Å². The van der Waals surface area contributed by atoms with E-state index in [-0.39, 0.29) is 24.2 Å². The first-order valence-corrected chi connectivity index (χ1v) is 7.63. The molecule has 1 unspecified atom stereocenters. The Morgan fingerprint density at radius 1 is 1.12 bits per heavy atom. The minimum Gasteiger partial charge on any atom is -0.508 e. The highest BCUT2D eigenvalue weighted by Crippen LogP contribution is 2.35. The molecule has 0 aliphatic heterocycles.